The van der Waals surface area contributed by atoms with Crippen LogP contribution in [-0.4, -0.2) is 165 Å². The lowest BCUT2D eigenvalue weighted by Crippen LogP contribution is -2.66. The van der Waals surface area contributed by atoms with Crippen LogP contribution in [0.15, 0.2) is 43.0 Å². The van der Waals surface area contributed by atoms with Gasteiger partial charge >= 0.3 is 36.1 Å². The third-order valence-corrected chi connectivity index (χ3v) is 15.9. The number of amides is 2. The molecule has 6 rings (SSSR count). The van der Waals surface area contributed by atoms with Gasteiger partial charge in [-0.25, -0.2) is 19.2 Å². The molecule has 0 aliphatic carbocycles. The zero-order valence-electron chi connectivity index (χ0n) is 46.5. The fourth-order valence-corrected chi connectivity index (χ4v) is 11.1. The number of esters is 4. The summed E-state index contributed by atoms with van der Waals surface area (Å²) in [6.45, 7) is 20.5. The van der Waals surface area contributed by atoms with Crippen molar-refractivity contribution in [2.75, 3.05) is 26.9 Å². The number of alkyl carbamates (subject to hydrolysis) is 2. The van der Waals surface area contributed by atoms with E-state index in [-0.39, 0.29) is 36.5 Å². The highest BCUT2D eigenvalue weighted by Crippen LogP contribution is 2.44. The number of halogens is 3. The van der Waals surface area contributed by atoms with Gasteiger partial charge in [-0.1, -0.05) is 114 Å². The normalized spacial score (nSPS) is 36.2. The molecule has 79 heavy (non-hydrogen) atoms. The van der Waals surface area contributed by atoms with Crippen molar-refractivity contribution in [3.63, 3.8) is 0 Å². The molecular formula is C54H77Cl3N2O20. The van der Waals surface area contributed by atoms with Gasteiger partial charge in [0.1, 0.15) is 31.0 Å². The summed E-state index contributed by atoms with van der Waals surface area (Å²) < 4.78 is 85.2. The van der Waals surface area contributed by atoms with E-state index in [2.05, 4.69) is 24.1 Å². The molecule has 1 aromatic rings. The minimum absolute atomic E-state index is 0.0276. The van der Waals surface area contributed by atoms with Gasteiger partial charge < -0.3 is 76.9 Å². The summed E-state index contributed by atoms with van der Waals surface area (Å²) in [5, 5.41) is 5.54. The molecule has 5 aliphatic rings. The lowest BCUT2D eigenvalue weighted by atomic mass is 9.82. The van der Waals surface area contributed by atoms with E-state index in [9.17, 15) is 28.8 Å². The summed E-state index contributed by atoms with van der Waals surface area (Å²) >= 11 is 17.9. The summed E-state index contributed by atoms with van der Waals surface area (Å²) in [5.41, 5.74) is 0.261. The predicted molar refractivity (Wildman–Crippen MR) is 281 cm³/mol. The maximum absolute atomic E-state index is 14.2. The van der Waals surface area contributed by atoms with Gasteiger partial charge in [-0.2, -0.15) is 0 Å². The number of carbonyl (C=O) groups excluding carboxylic acids is 6. The van der Waals surface area contributed by atoms with E-state index in [0.717, 1.165) is 20.5 Å². The fraction of sp³-hybridized carbons (Fsp3) is 0.741. The number of alkyl halides is 3. The summed E-state index contributed by atoms with van der Waals surface area (Å²) in [6, 6.07) is 6.32. The van der Waals surface area contributed by atoms with Crippen LogP contribution >= 0.6 is 34.8 Å². The molecule has 0 aromatic heterocycles. The smallest absolute Gasteiger partial charge is 0.407 e. The topological polar surface area (TPSA) is 256 Å². The van der Waals surface area contributed by atoms with Crippen molar-refractivity contribution in [3.05, 3.63) is 48.6 Å². The van der Waals surface area contributed by atoms with E-state index in [0.29, 0.717) is 6.42 Å². The average Bonchev–Trinajstić information content (AvgIpc) is 3.99. The molecule has 5 heterocycles. The standard InChI is InChI=1S/C54H77Cl3N2O20/c1-13-22-67-48-42(28(7)26(5)34(14-2)72-48)78-47-39(58-51(64)68-25-54(55,56)57)30(9)41(35(15-3)73-47)77-49-43(76-46(62)33-20-18-17-19-21-33)29(8)27(6)38(74-49)24-69-53(50(63)66-12)23-37-40(59-52(65)75-37)45(79-53)44(71-32(11)61)36(16-4)70-31(10)60/h13,17-21,26-30,34-45,47-49H,1,14-16,22-25H2,2-12H3,(H,58,64)(H,59,65)/t26-,27+,28-,29-,30+,34?,35?,36+,37+,38?,39?,40+,41-,42?,43?,44+,45?,47-,48-,49-,53+/m0/s1. The molecule has 444 valence electrons. The fourth-order valence-electron chi connectivity index (χ4n) is 10.9. The Bertz CT molecular complexity index is 2250. The first-order valence-corrected chi connectivity index (χ1v) is 28.0. The Morgan fingerprint density at radius 3 is 2.05 bits per heavy atom. The van der Waals surface area contributed by atoms with Crippen molar-refractivity contribution < 1.29 is 95.1 Å². The van der Waals surface area contributed by atoms with Crippen molar-refractivity contribution in [2.45, 2.75) is 196 Å². The maximum atomic E-state index is 14.2. The van der Waals surface area contributed by atoms with Crippen LogP contribution in [0.25, 0.3) is 0 Å². The quantitative estimate of drug-likeness (QED) is 0.0501. The molecule has 5 saturated heterocycles. The number of rotatable bonds is 22. The second-order valence-corrected chi connectivity index (χ2v) is 23.3. The van der Waals surface area contributed by atoms with E-state index in [1.165, 1.54) is 6.92 Å². The van der Waals surface area contributed by atoms with E-state index in [1.807, 2.05) is 41.5 Å². The summed E-state index contributed by atoms with van der Waals surface area (Å²) in [4.78, 5) is 79.6. The first kappa shape index (κ1) is 64.1. The molecule has 22 nitrogen and oxygen atoms in total. The number of benzene rings is 1. The Hall–Kier alpha value is -4.07. The molecule has 25 heteroatoms. The van der Waals surface area contributed by atoms with Crippen LogP contribution in [0, 0.1) is 29.6 Å². The minimum Gasteiger partial charge on any atom is -0.465 e. The van der Waals surface area contributed by atoms with E-state index in [4.69, 9.17) is 101 Å². The molecular weight excluding hydrogens is 1100 g/mol. The van der Waals surface area contributed by atoms with Gasteiger partial charge in [-0.05, 0) is 49.1 Å². The van der Waals surface area contributed by atoms with E-state index < -0.39 is 169 Å². The van der Waals surface area contributed by atoms with Gasteiger partial charge in [0.15, 0.2) is 31.1 Å². The van der Waals surface area contributed by atoms with Crippen LogP contribution in [-0.2, 0) is 80.7 Å². The first-order chi connectivity index (χ1) is 37.4. The highest BCUT2D eigenvalue weighted by Gasteiger charge is 2.62. The third kappa shape index (κ3) is 15.7. The zero-order valence-corrected chi connectivity index (χ0v) is 48.7. The maximum Gasteiger partial charge on any atom is 0.407 e. The number of hydrogen-bond acceptors (Lipinski definition) is 20. The predicted octanol–water partition coefficient (Wildman–Crippen LogP) is 7.25. The van der Waals surface area contributed by atoms with Crippen LogP contribution in [0.4, 0.5) is 9.59 Å². The second kappa shape index (κ2) is 28.3. The molecule has 0 bridgehead atoms. The van der Waals surface area contributed by atoms with Crippen LogP contribution in [0.1, 0.15) is 105 Å². The van der Waals surface area contributed by atoms with E-state index >= 15 is 0 Å². The van der Waals surface area contributed by atoms with Gasteiger partial charge in [-0.3, -0.25) is 9.59 Å². The van der Waals surface area contributed by atoms with Gasteiger partial charge in [0, 0.05) is 25.7 Å². The SMILES string of the molecule is C=CCO[C@H]1OC(CC)[C@@H](C)[C@H](C)C1O[C@@H]1OC(CC)[C@@H](O[C@@H]2OC(CO[C@]3(C(=O)OC)C[C@H]4OC(=O)N[C@H]4C([C@H](OC(C)=O)[C@@H](CC)OC(C)=O)O3)[C@H](C)[C@H](C)C2OC(=O)c2ccccc2)[C@H](C)C1NC(=O)OCC(Cl)(Cl)Cl. The van der Waals surface area contributed by atoms with Crippen molar-refractivity contribution in [2.24, 2.45) is 29.6 Å². The molecule has 0 radical (unpaired) electrons. The number of fused-ring (bicyclic) bond motifs is 1. The number of methoxy groups -OCH3 is 1. The largest absolute Gasteiger partial charge is 0.465 e. The number of hydrogen-bond donors (Lipinski definition) is 2. The molecule has 0 saturated carbocycles. The van der Waals surface area contributed by atoms with Crippen LogP contribution in [0.5, 0.6) is 0 Å². The van der Waals surface area contributed by atoms with Crippen LogP contribution in [0.3, 0.4) is 0 Å². The molecule has 0 spiro atoms. The summed E-state index contributed by atoms with van der Waals surface area (Å²) in [7, 11) is 1.11. The molecule has 5 fully saturated rings. The van der Waals surface area contributed by atoms with Crippen LogP contribution < -0.4 is 10.6 Å². The highest BCUT2D eigenvalue weighted by atomic mass is 35.6. The number of carbonyl (C=O) groups is 6. The number of nitrogens with one attached hydrogen (secondary N) is 2. The molecule has 21 atom stereocenters. The van der Waals surface area contributed by atoms with Gasteiger partial charge in [0.05, 0.1) is 68.8 Å². The lowest BCUT2D eigenvalue weighted by Gasteiger charge is -2.51. The Morgan fingerprint density at radius 2 is 1.44 bits per heavy atom. The second-order valence-electron chi connectivity index (χ2n) is 20.7. The Balaban J connectivity index is 1.35. The molecule has 7 unspecified atom stereocenters. The molecule has 2 amide bonds. The monoisotopic (exact) mass is 1180 g/mol. The van der Waals surface area contributed by atoms with Crippen molar-refractivity contribution in [1.82, 2.24) is 10.6 Å². The minimum atomic E-state index is -2.34. The highest BCUT2D eigenvalue weighted by molar-refractivity contribution is 6.67. The van der Waals surface area contributed by atoms with Crippen molar-refractivity contribution in [1.29, 1.82) is 0 Å². The number of ether oxygens (including phenoxy) is 14. The van der Waals surface area contributed by atoms with Crippen molar-refractivity contribution in [3.8, 4) is 0 Å². The third-order valence-electron chi connectivity index (χ3n) is 15.5. The zero-order chi connectivity index (χ0) is 58.1. The average molecular weight is 1180 g/mol. The lowest BCUT2D eigenvalue weighted by molar-refractivity contribution is -0.358. The molecule has 1 aromatic carbocycles. The van der Waals surface area contributed by atoms with Crippen LogP contribution in [0.2, 0.25) is 0 Å². The van der Waals surface area contributed by atoms with Gasteiger partial charge in [0.2, 0.25) is 3.79 Å². The Kier molecular flexibility index (Phi) is 22.9. The molecule has 5 aliphatic heterocycles. The van der Waals surface area contributed by atoms with E-state index in [1.54, 1.807) is 43.3 Å². The summed E-state index contributed by atoms with van der Waals surface area (Å²) in [6.07, 6.45) is -12.4. The van der Waals surface area contributed by atoms with Gasteiger partial charge in [0.25, 0.3) is 5.79 Å². The van der Waals surface area contributed by atoms with Crippen molar-refractivity contribution >= 4 is 70.9 Å². The summed E-state index contributed by atoms with van der Waals surface area (Å²) in [5.74, 6) is -7.39. The Morgan fingerprint density at radius 1 is 0.823 bits per heavy atom. The molecule has 2 N–H and O–H groups in total. The Labute approximate surface area is 476 Å². The first-order valence-electron chi connectivity index (χ1n) is 26.9. The van der Waals surface area contributed by atoms with Gasteiger partial charge in [-0.15, -0.1) is 6.58 Å².